The van der Waals surface area contributed by atoms with Gasteiger partial charge in [0.2, 0.25) is 11.8 Å². The fourth-order valence-corrected chi connectivity index (χ4v) is 2.03. The van der Waals surface area contributed by atoms with Gasteiger partial charge in [-0.25, -0.2) is 0 Å². The topological polar surface area (TPSA) is 128 Å². The van der Waals surface area contributed by atoms with Crippen molar-refractivity contribution in [3.05, 3.63) is 29.8 Å². The average molecular weight is 329 g/mol. The third-order valence-corrected chi connectivity index (χ3v) is 3.05. The van der Waals surface area contributed by atoms with E-state index in [1.54, 1.807) is 12.1 Å². The molecule has 0 saturated carbocycles. The number of benzene rings is 1. The lowest BCUT2D eigenvalue weighted by Crippen LogP contribution is -2.33. The maximum absolute atomic E-state index is 11.6. The molecule has 22 heavy (non-hydrogen) atoms. The van der Waals surface area contributed by atoms with Crippen LogP contribution in [-0.2, 0) is 20.6 Å². The summed E-state index contributed by atoms with van der Waals surface area (Å²) in [5, 5.41) is 5.22. The second-order valence-electron chi connectivity index (χ2n) is 4.54. The number of hydrogen-bond donors (Lipinski definition) is 3. The van der Waals surface area contributed by atoms with Gasteiger partial charge in [-0.05, 0) is 24.1 Å². The van der Waals surface area contributed by atoms with Crippen LogP contribution in [0.3, 0.4) is 0 Å². The van der Waals surface area contributed by atoms with E-state index in [-0.39, 0.29) is 24.0 Å². The number of carbonyl (C=O) groups is 2. The minimum absolute atomic E-state index is 0.00402. The first kappa shape index (κ1) is 18.2. The van der Waals surface area contributed by atoms with E-state index >= 15 is 0 Å². The van der Waals surface area contributed by atoms with Crippen molar-refractivity contribution in [2.24, 2.45) is 0 Å². The Balaban J connectivity index is 2.31. The van der Waals surface area contributed by atoms with E-state index in [1.165, 1.54) is 19.1 Å². The first-order valence-electron chi connectivity index (χ1n) is 6.60. The standard InChI is InChI=1S/C13H19N2O6P/c1-10(16)14-8-9-15-13(17)7-4-11-2-5-12(6-3-11)21-22(18,19)20/h2-3,5-6H,4,7-9H2,1H3,(H,14,16)(H,15,17)(H2,18,19,20)/p-1. The highest BCUT2D eigenvalue weighted by Crippen LogP contribution is 2.32. The summed E-state index contributed by atoms with van der Waals surface area (Å²) in [7, 11) is -4.80. The Morgan fingerprint density at radius 3 is 2.36 bits per heavy atom. The number of rotatable bonds is 8. The number of phosphoric ester groups is 1. The number of phosphoric acid groups is 1. The molecule has 0 aromatic heterocycles. The van der Waals surface area contributed by atoms with Gasteiger partial charge in [-0.15, -0.1) is 0 Å². The lowest BCUT2D eigenvalue weighted by molar-refractivity contribution is -0.211. The monoisotopic (exact) mass is 329 g/mol. The Morgan fingerprint density at radius 1 is 1.23 bits per heavy atom. The van der Waals surface area contributed by atoms with Gasteiger partial charge in [-0.3, -0.25) is 14.2 Å². The summed E-state index contributed by atoms with van der Waals surface area (Å²) in [6, 6.07) is 6.00. The molecule has 0 radical (unpaired) electrons. The molecule has 0 spiro atoms. The summed E-state index contributed by atoms with van der Waals surface area (Å²) in [6.07, 6.45) is 0.737. The van der Waals surface area contributed by atoms with Gasteiger partial charge in [0.15, 0.2) is 0 Å². The Labute approximate surface area is 128 Å². The van der Waals surface area contributed by atoms with Crippen molar-refractivity contribution in [1.29, 1.82) is 0 Å². The molecule has 1 atom stereocenters. The zero-order valence-corrected chi connectivity index (χ0v) is 13.0. The molecule has 122 valence electrons. The van der Waals surface area contributed by atoms with E-state index in [9.17, 15) is 19.0 Å². The second-order valence-corrected chi connectivity index (χ2v) is 5.66. The lowest BCUT2D eigenvalue weighted by Gasteiger charge is -2.16. The van der Waals surface area contributed by atoms with Crippen molar-refractivity contribution < 1.29 is 28.5 Å². The third kappa shape index (κ3) is 8.41. The Bertz CT molecular complexity index is 554. The molecule has 3 N–H and O–H groups in total. The highest BCUT2D eigenvalue weighted by atomic mass is 31.2. The van der Waals surface area contributed by atoms with Crippen LogP contribution >= 0.6 is 7.82 Å². The fourth-order valence-electron chi connectivity index (χ4n) is 1.64. The first-order chi connectivity index (χ1) is 10.3. The van der Waals surface area contributed by atoms with Gasteiger partial charge >= 0.3 is 7.82 Å². The van der Waals surface area contributed by atoms with Crippen LogP contribution in [0.25, 0.3) is 0 Å². The minimum atomic E-state index is -4.80. The number of aryl methyl sites for hydroxylation is 1. The van der Waals surface area contributed by atoms with Crippen molar-refractivity contribution in [1.82, 2.24) is 10.6 Å². The van der Waals surface area contributed by atoms with Crippen molar-refractivity contribution >= 4 is 19.6 Å². The zero-order chi connectivity index (χ0) is 16.6. The van der Waals surface area contributed by atoms with Crippen LogP contribution in [0.1, 0.15) is 18.9 Å². The highest BCUT2D eigenvalue weighted by Gasteiger charge is 2.05. The van der Waals surface area contributed by atoms with E-state index in [0.717, 1.165) is 5.56 Å². The molecule has 1 unspecified atom stereocenters. The van der Waals surface area contributed by atoms with Gasteiger partial charge in [0.25, 0.3) is 0 Å². The summed E-state index contributed by atoms with van der Waals surface area (Å²) in [6.45, 7) is 2.14. The van der Waals surface area contributed by atoms with E-state index in [0.29, 0.717) is 19.5 Å². The molecule has 2 amide bonds. The van der Waals surface area contributed by atoms with Crippen LogP contribution in [-0.4, -0.2) is 29.8 Å². The normalized spacial score (nSPS) is 13.0. The number of carbonyl (C=O) groups excluding carboxylic acids is 2. The molecule has 0 aliphatic rings. The molecular weight excluding hydrogens is 311 g/mol. The molecule has 1 aromatic rings. The molecule has 0 heterocycles. The van der Waals surface area contributed by atoms with Crippen LogP contribution in [0, 0.1) is 0 Å². The fraction of sp³-hybridized carbons (Fsp3) is 0.385. The number of nitrogens with one attached hydrogen (secondary N) is 2. The molecule has 1 rings (SSSR count). The molecule has 1 aromatic carbocycles. The predicted octanol–water partition coefficient (Wildman–Crippen LogP) is -0.289. The van der Waals surface area contributed by atoms with Crippen LogP contribution < -0.4 is 20.1 Å². The number of hydrogen-bond acceptors (Lipinski definition) is 5. The molecule has 0 saturated heterocycles. The quantitative estimate of drug-likeness (QED) is 0.444. The second kappa shape index (κ2) is 8.53. The van der Waals surface area contributed by atoms with Crippen molar-refractivity contribution in [3.63, 3.8) is 0 Å². The zero-order valence-electron chi connectivity index (χ0n) is 12.1. The van der Waals surface area contributed by atoms with Crippen molar-refractivity contribution in [3.8, 4) is 5.75 Å². The lowest BCUT2D eigenvalue weighted by atomic mass is 10.1. The van der Waals surface area contributed by atoms with Crippen LogP contribution in [0.5, 0.6) is 5.75 Å². The van der Waals surface area contributed by atoms with Gasteiger partial charge in [-0.2, -0.15) is 0 Å². The SMILES string of the molecule is CC(=O)NCCNC(=O)CCc1ccc(OP(=O)([O-])O)cc1. The van der Waals surface area contributed by atoms with Gasteiger partial charge < -0.3 is 24.9 Å². The maximum Gasteiger partial charge on any atom is 0.317 e. The van der Waals surface area contributed by atoms with E-state index in [1.807, 2.05) is 0 Å². The van der Waals surface area contributed by atoms with Gasteiger partial charge in [0.1, 0.15) is 5.75 Å². The molecule has 9 heteroatoms. The molecule has 8 nitrogen and oxygen atoms in total. The van der Waals surface area contributed by atoms with E-state index in [2.05, 4.69) is 15.2 Å². The van der Waals surface area contributed by atoms with E-state index in [4.69, 9.17) is 4.89 Å². The summed E-state index contributed by atoms with van der Waals surface area (Å²) in [5.41, 5.74) is 0.822. The first-order valence-corrected chi connectivity index (χ1v) is 8.09. The highest BCUT2D eigenvalue weighted by molar-refractivity contribution is 7.45. The average Bonchev–Trinajstić information content (AvgIpc) is 2.41. The minimum Gasteiger partial charge on any atom is -0.746 e. The smallest absolute Gasteiger partial charge is 0.317 e. The van der Waals surface area contributed by atoms with Gasteiger partial charge in [0.05, 0.1) is 0 Å². The summed E-state index contributed by atoms with van der Waals surface area (Å²) in [4.78, 5) is 41.3. The molecule has 0 aliphatic carbocycles. The van der Waals surface area contributed by atoms with E-state index < -0.39 is 7.82 Å². The predicted molar refractivity (Wildman–Crippen MR) is 76.9 cm³/mol. The Kier molecular flexibility index (Phi) is 7.04. The molecule has 0 aliphatic heterocycles. The molecule has 0 bridgehead atoms. The summed E-state index contributed by atoms with van der Waals surface area (Å²) in [5.74, 6) is -0.295. The molecule has 0 fully saturated rings. The summed E-state index contributed by atoms with van der Waals surface area (Å²) >= 11 is 0. The van der Waals surface area contributed by atoms with Crippen LogP contribution in [0.4, 0.5) is 0 Å². The maximum atomic E-state index is 11.6. The van der Waals surface area contributed by atoms with Crippen LogP contribution in [0.15, 0.2) is 24.3 Å². The van der Waals surface area contributed by atoms with Crippen LogP contribution in [0.2, 0.25) is 0 Å². The molecular formula is C13H18N2O6P-. The third-order valence-electron chi connectivity index (χ3n) is 2.61. The number of amides is 2. The Morgan fingerprint density at radius 2 is 1.82 bits per heavy atom. The summed E-state index contributed by atoms with van der Waals surface area (Å²) < 4.78 is 14.9. The van der Waals surface area contributed by atoms with Gasteiger partial charge in [0, 0.05) is 26.4 Å². The van der Waals surface area contributed by atoms with Crippen molar-refractivity contribution in [2.75, 3.05) is 13.1 Å². The Hall–Kier alpha value is -1.89. The largest absolute Gasteiger partial charge is 0.746 e. The van der Waals surface area contributed by atoms with Crippen molar-refractivity contribution in [2.45, 2.75) is 19.8 Å². The van der Waals surface area contributed by atoms with Gasteiger partial charge in [-0.1, -0.05) is 12.1 Å².